The number of nitrogens with zero attached hydrogens (tertiary/aromatic N) is 2. The summed E-state index contributed by atoms with van der Waals surface area (Å²) in [6, 6.07) is 6.11. The summed E-state index contributed by atoms with van der Waals surface area (Å²) in [5.74, 6) is -0.00669. The Morgan fingerprint density at radius 3 is 2.56 bits per heavy atom. The van der Waals surface area contributed by atoms with Gasteiger partial charge in [0.05, 0.1) is 9.88 Å². The molecule has 1 aromatic heterocycles. The second kappa shape index (κ2) is 9.17. The molecule has 8 heteroatoms. The number of aromatic nitrogens is 1. The molecule has 4 rings (SSSR count). The van der Waals surface area contributed by atoms with Crippen LogP contribution >= 0.6 is 11.3 Å². The van der Waals surface area contributed by atoms with Gasteiger partial charge in [0.1, 0.15) is 17.1 Å². The second-order valence-electron chi connectivity index (χ2n) is 9.54. The van der Waals surface area contributed by atoms with Crippen molar-refractivity contribution in [1.82, 2.24) is 15.2 Å². The maximum atomic E-state index is 13.7. The predicted molar refractivity (Wildman–Crippen MR) is 122 cm³/mol. The topological polar surface area (TPSA) is 71.5 Å². The molecule has 2 fully saturated rings. The maximum Gasteiger partial charge on any atom is 0.407 e. The molecule has 0 radical (unpaired) electrons. The molecule has 1 saturated heterocycles. The van der Waals surface area contributed by atoms with E-state index >= 15 is 0 Å². The van der Waals surface area contributed by atoms with Crippen LogP contribution in [0, 0.1) is 5.82 Å². The van der Waals surface area contributed by atoms with Crippen molar-refractivity contribution in [3.63, 3.8) is 0 Å². The van der Waals surface area contributed by atoms with Gasteiger partial charge in [-0.3, -0.25) is 4.79 Å². The first kappa shape index (κ1) is 22.7. The quantitative estimate of drug-likeness (QED) is 0.655. The molecule has 1 unspecified atom stereocenters. The number of rotatable bonds is 5. The average Bonchev–Trinajstić information content (AvgIpc) is 3.50. The van der Waals surface area contributed by atoms with Crippen LogP contribution in [0.4, 0.5) is 9.18 Å². The van der Waals surface area contributed by atoms with Crippen molar-refractivity contribution in [3.05, 3.63) is 40.8 Å². The van der Waals surface area contributed by atoms with E-state index in [0.717, 1.165) is 47.6 Å². The van der Waals surface area contributed by atoms with Gasteiger partial charge in [-0.25, -0.2) is 14.2 Å². The summed E-state index contributed by atoms with van der Waals surface area (Å²) in [6.07, 6.45) is 4.44. The van der Waals surface area contributed by atoms with Gasteiger partial charge in [-0.05, 0) is 70.6 Å². The third-order valence-corrected chi connectivity index (χ3v) is 6.92. The number of carbonyl (C=O) groups excluding carboxylic acids is 2. The Morgan fingerprint density at radius 1 is 1.19 bits per heavy atom. The molecule has 1 saturated carbocycles. The molecule has 172 valence electrons. The second-order valence-corrected chi connectivity index (χ2v) is 10.6. The Balaban J connectivity index is 1.55. The van der Waals surface area contributed by atoms with Crippen molar-refractivity contribution in [2.45, 2.75) is 70.4 Å². The van der Waals surface area contributed by atoms with Crippen LogP contribution in [0.5, 0.6) is 0 Å². The molecule has 2 aliphatic rings. The fourth-order valence-electron chi connectivity index (χ4n) is 3.91. The van der Waals surface area contributed by atoms with E-state index in [2.05, 4.69) is 5.32 Å². The van der Waals surface area contributed by atoms with Gasteiger partial charge in [-0.1, -0.05) is 12.1 Å². The van der Waals surface area contributed by atoms with Crippen LogP contribution in [-0.2, 0) is 4.74 Å². The van der Waals surface area contributed by atoms with Crippen molar-refractivity contribution in [2.24, 2.45) is 0 Å². The van der Waals surface area contributed by atoms with Gasteiger partial charge in [-0.15, -0.1) is 11.3 Å². The summed E-state index contributed by atoms with van der Waals surface area (Å²) in [5.41, 5.74) is 0.669. The predicted octanol–water partition coefficient (Wildman–Crippen LogP) is 5.35. The van der Waals surface area contributed by atoms with E-state index in [1.54, 1.807) is 12.1 Å². The zero-order valence-corrected chi connectivity index (χ0v) is 19.6. The number of hydrogen-bond acceptors (Lipinski definition) is 5. The van der Waals surface area contributed by atoms with Crippen LogP contribution in [0.1, 0.15) is 74.3 Å². The van der Waals surface area contributed by atoms with Gasteiger partial charge in [0.2, 0.25) is 0 Å². The number of nitrogens with one attached hydrogen (secondary N) is 1. The number of thiazole rings is 1. The molecule has 1 aromatic carbocycles. The van der Waals surface area contributed by atoms with Crippen LogP contribution in [0.3, 0.4) is 0 Å². The smallest absolute Gasteiger partial charge is 0.407 e. The Morgan fingerprint density at radius 2 is 1.91 bits per heavy atom. The number of likely N-dealkylation sites (tertiary alicyclic amines) is 1. The van der Waals surface area contributed by atoms with Gasteiger partial charge in [0, 0.05) is 25.0 Å². The SMILES string of the molecule is CC(C)(C)OC(=O)NCC1CCCCN1C(=O)c1nc(C2CC2)sc1-c1ccc(F)cc1. The van der Waals surface area contributed by atoms with Gasteiger partial charge >= 0.3 is 6.09 Å². The standard InChI is InChI=1S/C24H30FN3O3S/c1-24(2,3)31-23(30)26-14-18-6-4-5-13-28(18)22(29)19-20(15-9-11-17(25)12-10-15)32-21(27-19)16-7-8-16/h9-12,16,18H,4-8,13-14H2,1-3H3,(H,26,30). The van der Waals surface area contributed by atoms with Crippen LogP contribution < -0.4 is 5.32 Å². The molecular weight excluding hydrogens is 429 g/mol. The van der Waals surface area contributed by atoms with Gasteiger partial charge < -0.3 is 15.0 Å². The molecule has 2 heterocycles. The summed E-state index contributed by atoms with van der Waals surface area (Å²) in [5, 5.41) is 3.80. The van der Waals surface area contributed by atoms with Crippen molar-refractivity contribution >= 4 is 23.3 Å². The summed E-state index contributed by atoms with van der Waals surface area (Å²) in [4.78, 5) is 33.1. The normalized spacial score (nSPS) is 19.0. The van der Waals surface area contributed by atoms with E-state index in [1.165, 1.54) is 23.5 Å². The highest BCUT2D eigenvalue weighted by atomic mass is 32.1. The van der Waals surface area contributed by atoms with E-state index in [1.807, 2.05) is 25.7 Å². The zero-order valence-electron chi connectivity index (χ0n) is 18.8. The Hall–Kier alpha value is -2.48. The minimum atomic E-state index is -0.573. The average molecular weight is 460 g/mol. The molecule has 32 heavy (non-hydrogen) atoms. The molecule has 1 aliphatic carbocycles. The zero-order chi connectivity index (χ0) is 22.9. The van der Waals surface area contributed by atoms with Crippen LogP contribution in [0.25, 0.3) is 10.4 Å². The molecule has 0 spiro atoms. The van der Waals surface area contributed by atoms with E-state index in [0.29, 0.717) is 24.7 Å². The number of ether oxygens (including phenoxy) is 1. The third-order valence-electron chi connectivity index (χ3n) is 5.65. The Bertz CT molecular complexity index is 979. The van der Waals surface area contributed by atoms with E-state index in [9.17, 15) is 14.0 Å². The highest BCUT2D eigenvalue weighted by Crippen LogP contribution is 2.45. The van der Waals surface area contributed by atoms with Gasteiger partial charge in [-0.2, -0.15) is 0 Å². The van der Waals surface area contributed by atoms with E-state index in [4.69, 9.17) is 9.72 Å². The fourth-order valence-corrected chi connectivity index (χ4v) is 5.15. The third kappa shape index (κ3) is 5.46. The minimum Gasteiger partial charge on any atom is -0.444 e. The summed E-state index contributed by atoms with van der Waals surface area (Å²) in [6.45, 7) is 6.42. The van der Waals surface area contributed by atoms with Crippen molar-refractivity contribution in [2.75, 3.05) is 13.1 Å². The summed E-state index contributed by atoms with van der Waals surface area (Å²) < 4.78 is 18.8. The molecule has 2 amide bonds. The fraction of sp³-hybridized carbons (Fsp3) is 0.542. The lowest BCUT2D eigenvalue weighted by Crippen LogP contribution is -2.50. The molecule has 1 atom stereocenters. The van der Waals surface area contributed by atoms with Crippen LogP contribution in [0.2, 0.25) is 0 Å². The van der Waals surface area contributed by atoms with Crippen molar-refractivity contribution in [3.8, 4) is 10.4 Å². The lowest BCUT2D eigenvalue weighted by Gasteiger charge is -2.35. The monoisotopic (exact) mass is 459 g/mol. The number of alkyl carbamates (subject to hydrolysis) is 1. The Kier molecular flexibility index (Phi) is 6.51. The molecule has 6 nitrogen and oxygen atoms in total. The van der Waals surface area contributed by atoms with Crippen molar-refractivity contribution in [1.29, 1.82) is 0 Å². The van der Waals surface area contributed by atoms with Crippen LogP contribution in [-0.4, -0.2) is 46.6 Å². The number of carbonyl (C=O) groups is 2. The van der Waals surface area contributed by atoms with E-state index in [-0.39, 0.29) is 17.8 Å². The number of benzene rings is 1. The number of amides is 2. The molecule has 1 N–H and O–H groups in total. The lowest BCUT2D eigenvalue weighted by atomic mass is 10.0. The largest absolute Gasteiger partial charge is 0.444 e. The highest BCUT2D eigenvalue weighted by Gasteiger charge is 2.34. The lowest BCUT2D eigenvalue weighted by molar-refractivity contribution is 0.0461. The summed E-state index contributed by atoms with van der Waals surface area (Å²) >= 11 is 1.54. The Labute approximate surface area is 192 Å². The first-order valence-corrected chi connectivity index (χ1v) is 12.1. The number of hydrogen-bond donors (Lipinski definition) is 1. The number of piperidine rings is 1. The first-order valence-electron chi connectivity index (χ1n) is 11.3. The van der Waals surface area contributed by atoms with Crippen molar-refractivity contribution < 1.29 is 18.7 Å². The molecule has 2 aromatic rings. The van der Waals surface area contributed by atoms with Gasteiger partial charge in [0.15, 0.2) is 0 Å². The minimum absolute atomic E-state index is 0.115. The first-order chi connectivity index (χ1) is 15.2. The number of halogens is 1. The molecule has 0 bridgehead atoms. The van der Waals surface area contributed by atoms with Crippen LogP contribution in [0.15, 0.2) is 24.3 Å². The summed E-state index contributed by atoms with van der Waals surface area (Å²) in [7, 11) is 0. The molecular formula is C24H30FN3O3S. The van der Waals surface area contributed by atoms with Gasteiger partial charge in [0.25, 0.3) is 5.91 Å². The highest BCUT2D eigenvalue weighted by molar-refractivity contribution is 7.15. The molecule has 1 aliphatic heterocycles. The van der Waals surface area contributed by atoms with E-state index < -0.39 is 11.7 Å². The maximum absolute atomic E-state index is 13.7.